The topological polar surface area (TPSA) is 38.3 Å². The summed E-state index contributed by atoms with van der Waals surface area (Å²) < 4.78 is 5.13. The number of hydrogen-bond donors (Lipinski definition) is 1. The summed E-state index contributed by atoms with van der Waals surface area (Å²) >= 11 is 0. The highest BCUT2D eigenvalue weighted by Crippen LogP contribution is 2.29. The Kier molecular flexibility index (Phi) is 3.79. The van der Waals surface area contributed by atoms with Crippen molar-refractivity contribution in [3.63, 3.8) is 0 Å². The lowest BCUT2D eigenvalue weighted by Crippen LogP contribution is -2.24. The summed E-state index contributed by atoms with van der Waals surface area (Å²) in [6.45, 7) is 5.95. The zero-order valence-electron chi connectivity index (χ0n) is 10.4. The summed E-state index contributed by atoms with van der Waals surface area (Å²) in [5.74, 6) is 0.120. The third kappa shape index (κ3) is 2.67. The predicted molar refractivity (Wildman–Crippen MR) is 66.9 cm³/mol. The minimum absolute atomic E-state index is 0.0447. The van der Waals surface area contributed by atoms with E-state index >= 15 is 0 Å². The fourth-order valence-electron chi connectivity index (χ4n) is 2.43. The summed E-state index contributed by atoms with van der Waals surface area (Å²) in [6.07, 6.45) is 0. The van der Waals surface area contributed by atoms with Crippen LogP contribution >= 0.6 is 0 Å². The number of carbonyl (C=O) groups is 1. The first kappa shape index (κ1) is 12.1. The van der Waals surface area contributed by atoms with Gasteiger partial charge in [-0.3, -0.25) is 4.79 Å². The van der Waals surface area contributed by atoms with Crippen molar-refractivity contribution in [2.75, 3.05) is 19.7 Å². The molecule has 0 bridgehead atoms. The molecule has 1 saturated heterocycles. The predicted octanol–water partition coefficient (Wildman–Crippen LogP) is 1.86. The molecule has 0 spiro atoms. The largest absolute Gasteiger partial charge is 0.466 e. The number of rotatable bonds is 3. The van der Waals surface area contributed by atoms with E-state index in [2.05, 4.69) is 30.4 Å². The van der Waals surface area contributed by atoms with E-state index < -0.39 is 0 Å². The molecule has 0 aliphatic carbocycles. The summed E-state index contributed by atoms with van der Waals surface area (Å²) in [5.41, 5.74) is 2.46. The Labute approximate surface area is 102 Å². The van der Waals surface area contributed by atoms with E-state index in [1.54, 1.807) is 0 Å². The third-order valence-electron chi connectivity index (χ3n) is 3.27. The molecule has 0 radical (unpaired) electrons. The highest BCUT2D eigenvalue weighted by molar-refractivity contribution is 5.74. The second kappa shape index (κ2) is 5.32. The molecular weight excluding hydrogens is 214 g/mol. The van der Waals surface area contributed by atoms with Crippen molar-refractivity contribution >= 4 is 5.97 Å². The van der Waals surface area contributed by atoms with Gasteiger partial charge < -0.3 is 10.1 Å². The lowest BCUT2D eigenvalue weighted by Gasteiger charge is -2.17. The molecule has 3 nitrogen and oxygen atoms in total. The van der Waals surface area contributed by atoms with Crippen LogP contribution in [0.25, 0.3) is 0 Å². The lowest BCUT2D eigenvalue weighted by atomic mass is 9.88. The average molecular weight is 233 g/mol. The average Bonchev–Trinajstić information content (AvgIpc) is 2.78. The second-order valence-corrected chi connectivity index (χ2v) is 4.54. The van der Waals surface area contributed by atoms with Crippen LogP contribution in [0.15, 0.2) is 24.3 Å². The molecule has 0 saturated carbocycles. The molecule has 2 atom stereocenters. The Bertz CT molecular complexity index is 403. The third-order valence-corrected chi connectivity index (χ3v) is 3.27. The van der Waals surface area contributed by atoms with Gasteiger partial charge in [0.05, 0.1) is 12.5 Å². The molecule has 1 heterocycles. The van der Waals surface area contributed by atoms with Gasteiger partial charge in [-0.2, -0.15) is 0 Å². The molecule has 92 valence electrons. The number of esters is 1. The number of carbonyl (C=O) groups excluding carboxylic acids is 1. The molecule has 1 fully saturated rings. The van der Waals surface area contributed by atoms with E-state index in [4.69, 9.17) is 4.74 Å². The van der Waals surface area contributed by atoms with Crippen LogP contribution in [0.1, 0.15) is 24.0 Å². The summed E-state index contributed by atoms with van der Waals surface area (Å²) in [4.78, 5) is 11.9. The van der Waals surface area contributed by atoms with Crippen LogP contribution < -0.4 is 5.32 Å². The molecule has 1 aliphatic rings. The van der Waals surface area contributed by atoms with Gasteiger partial charge >= 0.3 is 5.97 Å². The zero-order chi connectivity index (χ0) is 12.3. The first-order valence-corrected chi connectivity index (χ1v) is 6.16. The SMILES string of the molecule is CCOC(=O)C1CNCC1c1cccc(C)c1. The summed E-state index contributed by atoms with van der Waals surface area (Å²) in [5, 5.41) is 3.28. The highest BCUT2D eigenvalue weighted by Gasteiger charge is 2.34. The van der Waals surface area contributed by atoms with Crippen LogP contribution in [0, 0.1) is 12.8 Å². The van der Waals surface area contributed by atoms with Crippen LogP contribution in [-0.2, 0) is 9.53 Å². The zero-order valence-corrected chi connectivity index (χ0v) is 10.4. The van der Waals surface area contributed by atoms with Gasteiger partial charge in [-0.25, -0.2) is 0 Å². The van der Waals surface area contributed by atoms with Gasteiger partial charge in [0.15, 0.2) is 0 Å². The van der Waals surface area contributed by atoms with Crippen LogP contribution in [-0.4, -0.2) is 25.7 Å². The minimum Gasteiger partial charge on any atom is -0.466 e. The highest BCUT2D eigenvalue weighted by atomic mass is 16.5. The van der Waals surface area contributed by atoms with Crippen molar-refractivity contribution in [3.8, 4) is 0 Å². The van der Waals surface area contributed by atoms with Crippen molar-refractivity contribution in [2.24, 2.45) is 5.92 Å². The van der Waals surface area contributed by atoms with E-state index in [0.717, 1.165) is 13.1 Å². The molecule has 0 aromatic heterocycles. The van der Waals surface area contributed by atoms with Crippen molar-refractivity contribution in [3.05, 3.63) is 35.4 Å². The van der Waals surface area contributed by atoms with Crippen molar-refractivity contribution in [1.82, 2.24) is 5.32 Å². The normalized spacial score (nSPS) is 23.6. The Morgan fingerprint density at radius 2 is 2.29 bits per heavy atom. The maximum absolute atomic E-state index is 11.9. The second-order valence-electron chi connectivity index (χ2n) is 4.54. The minimum atomic E-state index is -0.0796. The molecule has 2 rings (SSSR count). The molecule has 3 heteroatoms. The maximum Gasteiger partial charge on any atom is 0.310 e. The lowest BCUT2D eigenvalue weighted by molar-refractivity contribution is -0.147. The van der Waals surface area contributed by atoms with E-state index in [0.29, 0.717) is 6.61 Å². The van der Waals surface area contributed by atoms with Gasteiger partial charge in [0.25, 0.3) is 0 Å². The number of aryl methyl sites for hydroxylation is 1. The molecule has 17 heavy (non-hydrogen) atoms. The number of benzene rings is 1. The number of nitrogens with one attached hydrogen (secondary N) is 1. The van der Waals surface area contributed by atoms with Crippen LogP contribution in [0.4, 0.5) is 0 Å². The monoisotopic (exact) mass is 233 g/mol. The Balaban J connectivity index is 2.17. The van der Waals surface area contributed by atoms with Gasteiger partial charge in [0, 0.05) is 19.0 Å². The van der Waals surface area contributed by atoms with Gasteiger partial charge in [-0.05, 0) is 19.4 Å². The summed E-state index contributed by atoms with van der Waals surface area (Å²) in [7, 11) is 0. The van der Waals surface area contributed by atoms with Crippen LogP contribution in [0.2, 0.25) is 0 Å². The maximum atomic E-state index is 11.9. The van der Waals surface area contributed by atoms with E-state index in [-0.39, 0.29) is 17.8 Å². The van der Waals surface area contributed by atoms with Crippen LogP contribution in [0.5, 0.6) is 0 Å². The number of hydrogen-bond acceptors (Lipinski definition) is 3. The van der Waals surface area contributed by atoms with Crippen LogP contribution in [0.3, 0.4) is 0 Å². The molecule has 1 N–H and O–H groups in total. The quantitative estimate of drug-likeness (QED) is 0.810. The Morgan fingerprint density at radius 3 is 3.00 bits per heavy atom. The van der Waals surface area contributed by atoms with Crippen molar-refractivity contribution < 1.29 is 9.53 Å². The fraction of sp³-hybridized carbons (Fsp3) is 0.500. The fourth-order valence-corrected chi connectivity index (χ4v) is 2.43. The molecule has 1 aliphatic heterocycles. The molecule has 2 unspecified atom stereocenters. The molecule has 1 aromatic carbocycles. The summed E-state index contributed by atoms with van der Waals surface area (Å²) in [6, 6.07) is 8.37. The molecular formula is C14H19NO2. The first-order chi connectivity index (χ1) is 8.22. The van der Waals surface area contributed by atoms with Crippen molar-refractivity contribution in [2.45, 2.75) is 19.8 Å². The van der Waals surface area contributed by atoms with Crippen molar-refractivity contribution in [1.29, 1.82) is 0 Å². The Hall–Kier alpha value is -1.35. The van der Waals surface area contributed by atoms with E-state index in [9.17, 15) is 4.79 Å². The van der Waals surface area contributed by atoms with E-state index in [1.165, 1.54) is 11.1 Å². The smallest absolute Gasteiger partial charge is 0.310 e. The number of ether oxygens (including phenoxy) is 1. The van der Waals surface area contributed by atoms with E-state index in [1.807, 2.05) is 13.0 Å². The molecule has 0 amide bonds. The van der Waals surface area contributed by atoms with Gasteiger partial charge in [-0.15, -0.1) is 0 Å². The molecule has 1 aromatic rings. The first-order valence-electron chi connectivity index (χ1n) is 6.16. The van der Waals surface area contributed by atoms with Gasteiger partial charge in [0.1, 0.15) is 0 Å². The van der Waals surface area contributed by atoms with Gasteiger partial charge in [-0.1, -0.05) is 29.8 Å². The Morgan fingerprint density at radius 1 is 1.47 bits per heavy atom. The van der Waals surface area contributed by atoms with Gasteiger partial charge in [0.2, 0.25) is 0 Å². The standard InChI is InChI=1S/C14H19NO2/c1-3-17-14(16)13-9-15-8-12(13)11-6-4-5-10(2)7-11/h4-7,12-13,15H,3,8-9H2,1-2H3.